The van der Waals surface area contributed by atoms with Crippen LogP contribution >= 0.6 is 0 Å². The molecule has 124 valence electrons. The summed E-state index contributed by atoms with van der Waals surface area (Å²) in [4.78, 5) is 14.9. The third-order valence-electron chi connectivity index (χ3n) is 4.51. The van der Waals surface area contributed by atoms with E-state index in [0.29, 0.717) is 29.5 Å². The van der Waals surface area contributed by atoms with Crippen LogP contribution in [0.5, 0.6) is 17.2 Å². The molecule has 2 aromatic carbocycles. The highest BCUT2D eigenvalue weighted by atomic mass is 16.7. The number of amides is 1. The van der Waals surface area contributed by atoms with Crippen LogP contribution in [0.1, 0.15) is 22.8 Å². The number of rotatable bonds is 2. The molecule has 5 heteroatoms. The SMILES string of the molecule is COc1ccc2c(c1)N(C(=O)c1ccc3c(c1)OCO3)CC(C)C2. The minimum Gasteiger partial charge on any atom is -0.497 e. The molecular formula is C19H19NO4. The van der Waals surface area contributed by atoms with Gasteiger partial charge in [0.15, 0.2) is 11.5 Å². The Kier molecular flexibility index (Phi) is 3.56. The van der Waals surface area contributed by atoms with Gasteiger partial charge in [0.1, 0.15) is 5.75 Å². The van der Waals surface area contributed by atoms with Crippen LogP contribution in [-0.2, 0) is 6.42 Å². The van der Waals surface area contributed by atoms with Crippen molar-refractivity contribution in [3.63, 3.8) is 0 Å². The van der Waals surface area contributed by atoms with Gasteiger partial charge in [-0.25, -0.2) is 0 Å². The van der Waals surface area contributed by atoms with Gasteiger partial charge in [-0.2, -0.15) is 0 Å². The monoisotopic (exact) mass is 325 g/mol. The van der Waals surface area contributed by atoms with Gasteiger partial charge in [0.05, 0.1) is 12.8 Å². The predicted molar refractivity (Wildman–Crippen MR) is 90.1 cm³/mol. The molecule has 4 rings (SSSR count). The molecule has 2 aromatic rings. The number of carbonyl (C=O) groups is 1. The first-order valence-electron chi connectivity index (χ1n) is 8.04. The van der Waals surface area contributed by atoms with Gasteiger partial charge >= 0.3 is 0 Å². The highest BCUT2D eigenvalue weighted by Crippen LogP contribution is 2.36. The number of hydrogen-bond donors (Lipinski definition) is 0. The fourth-order valence-electron chi connectivity index (χ4n) is 3.32. The maximum absolute atomic E-state index is 13.1. The second-order valence-corrected chi connectivity index (χ2v) is 6.29. The summed E-state index contributed by atoms with van der Waals surface area (Å²) < 4.78 is 16.0. The number of nitrogens with zero attached hydrogens (tertiary/aromatic N) is 1. The zero-order valence-electron chi connectivity index (χ0n) is 13.7. The Balaban J connectivity index is 1.72. The van der Waals surface area contributed by atoms with E-state index >= 15 is 0 Å². The van der Waals surface area contributed by atoms with Crippen molar-refractivity contribution in [2.24, 2.45) is 5.92 Å². The van der Waals surface area contributed by atoms with E-state index in [2.05, 4.69) is 6.92 Å². The molecule has 0 radical (unpaired) electrons. The third-order valence-corrected chi connectivity index (χ3v) is 4.51. The van der Waals surface area contributed by atoms with Crippen molar-refractivity contribution >= 4 is 11.6 Å². The summed E-state index contributed by atoms with van der Waals surface area (Å²) in [6.07, 6.45) is 0.963. The van der Waals surface area contributed by atoms with E-state index in [0.717, 1.165) is 17.9 Å². The van der Waals surface area contributed by atoms with E-state index in [9.17, 15) is 4.79 Å². The molecule has 24 heavy (non-hydrogen) atoms. The zero-order chi connectivity index (χ0) is 16.7. The molecular weight excluding hydrogens is 306 g/mol. The van der Waals surface area contributed by atoms with E-state index in [1.54, 1.807) is 25.3 Å². The molecule has 0 saturated heterocycles. The highest BCUT2D eigenvalue weighted by Gasteiger charge is 2.28. The first-order valence-corrected chi connectivity index (χ1v) is 8.04. The van der Waals surface area contributed by atoms with Gasteiger partial charge in [-0.3, -0.25) is 4.79 Å². The maximum atomic E-state index is 13.1. The predicted octanol–water partition coefficient (Wildman–Crippen LogP) is 3.26. The van der Waals surface area contributed by atoms with Crippen LogP contribution < -0.4 is 19.1 Å². The van der Waals surface area contributed by atoms with Gasteiger partial charge in [0, 0.05) is 18.2 Å². The largest absolute Gasteiger partial charge is 0.497 e. The number of hydrogen-bond acceptors (Lipinski definition) is 4. The van der Waals surface area contributed by atoms with E-state index < -0.39 is 0 Å². The van der Waals surface area contributed by atoms with Crippen molar-refractivity contribution in [3.8, 4) is 17.2 Å². The third kappa shape index (κ3) is 2.46. The summed E-state index contributed by atoms with van der Waals surface area (Å²) in [7, 11) is 1.64. The van der Waals surface area contributed by atoms with Gasteiger partial charge in [-0.1, -0.05) is 13.0 Å². The van der Waals surface area contributed by atoms with Gasteiger partial charge in [-0.05, 0) is 42.2 Å². The Labute approximate surface area is 140 Å². The van der Waals surface area contributed by atoms with Gasteiger partial charge in [0.25, 0.3) is 5.91 Å². The van der Waals surface area contributed by atoms with Crippen LogP contribution in [0.4, 0.5) is 5.69 Å². The van der Waals surface area contributed by atoms with Gasteiger partial charge < -0.3 is 19.1 Å². The average Bonchev–Trinajstić information content (AvgIpc) is 3.07. The van der Waals surface area contributed by atoms with Crippen molar-refractivity contribution in [2.75, 3.05) is 25.3 Å². The van der Waals surface area contributed by atoms with Crippen LogP contribution in [0, 0.1) is 5.92 Å². The quantitative estimate of drug-likeness (QED) is 0.850. The van der Waals surface area contributed by atoms with Crippen molar-refractivity contribution in [2.45, 2.75) is 13.3 Å². The van der Waals surface area contributed by atoms with E-state index in [1.165, 1.54) is 5.56 Å². The molecule has 0 bridgehead atoms. The summed E-state index contributed by atoms with van der Waals surface area (Å²) in [6, 6.07) is 11.3. The van der Waals surface area contributed by atoms with Crippen LogP contribution in [0.15, 0.2) is 36.4 Å². The lowest BCUT2D eigenvalue weighted by atomic mass is 9.93. The number of ether oxygens (including phenoxy) is 3. The summed E-state index contributed by atoms with van der Waals surface area (Å²) in [5.41, 5.74) is 2.70. The molecule has 2 aliphatic heterocycles. The Morgan fingerprint density at radius 3 is 2.83 bits per heavy atom. The van der Waals surface area contributed by atoms with Crippen molar-refractivity contribution in [3.05, 3.63) is 47.5 Å². The van der Waals surface area contributed by atoms with Crippen LogP contribution in [0.3, 0.4) is 0 Å². The first-order chi connectivity index (χ1) is 11.7. The Bertz CT molecular complexity index is 802. The number of methoxy groups -OCH3 is 1. The number of benzene rings is 2. The minimum atomic E-state index is -0.0330. The fourth-order valence-corrected chi connectivity index (χ4v) is 3.32. The summed E-state index contributed by atoms with van der Waals surface area (Å²) in [6.45, 7) is 3.05. The normalized spacial score (nSPS) is 18.2. The number of fused-ring (bicyclic) bond motifs is 2. The summed E-state index contributed by atoms with van der Waals surface area (Å²) in [5, 5.41) is 0. The van der Waals surface area contributed by atoms with Crippen molar-refractivity contribution < 1.29 is 19.0 Å². The van der Waals surface area contributed by atoms with E-state index in [-0.39, 0.29) is 12.7 Å². The Morgan fingerprint density at radius 1 is 1.17 bits per heavy atom. The lowest BCUT2D eigenvalue weighted by molar-refractivity contribution is 0.0980. The smallest absolute Gasteiger partial charge is 0.258 e. The molecule has 2 heterocycles. The molecule has 0 saturated carbocycles. The van der Waals surface area contributed by atoms with Gasteiger partial charge in [0.2, 0.25) is 6.79 Å². The van der Waals surface area contributed by atoms with Crippen LogP contribution in [0.2, 0.25) is 0 Å². The molecule has 1 amide bonds. The Morgan fingerprint density at radius 2 is 2.00 bits per heavy atom. The molecule has 1 atom stereocenters. The molecule has 0 spiro atoms. The van der Waals surface area contributed by atoms with Crippen molar-refractivity contribution in [1.82, 2.24) is 0 Å². The molecule has 0 N–H and O–H groups in total. The van der Waals surface area contributed by atoms with Crippen LogP contribution in [0.25, 0.3) is 0 Å². The van der Waals surface area contributed by atoms with E-state index in [4.69, 9.17) is 14.2 Å². The van der Waals surface area contributed by atoms with Gasteiger partial charge in [-0.15, -0.1) is 0 Å². The van der Waals surface area contributed by atoms with Crippen molar-refractivity contribution in [1.29, 1.82) is 0 Å². The fraction of sp³-hybridized carbons (Fsp3) is 0.316. The molecule has 0 fully saturated rings. The number of carbonyl (C=O) groups excluding carboxylic acids is 1. The zero-order valence-corrected chi connectivity index (χ0v) is 13.7. The average molecular weight is 325 g/mol. The van der Waals surface area contributed by atoms with E-state index in [1.807, 2.05) is 23.1 Å². The van der Waals surface area contributed by atoms with Crippen LogP contribution in [-0.4, -0.2) is 26.4 Å². The first kappa shape index (κ1) is 14.9. The molecule has 0 aliphatic carbocycles. The summed E-state index contributed by atoms with van der Waals surface area (Å²) in [5.74, 6) is 2.43. The lowest BCUT2D eigenvalue weighted by Gasteiger charge is -2.33. The maximum Gasteiger partial charge on any atom is 0.258 e. The standard InChI is InChI=1S/C19H19NO4/c1-12-7-13-3-5-15(22-2)9-16(13)20(10-12)19(21)14-4-6-17-18(8-14)24-11-23-17/h3-6,8-9,12H,7,10-11H2,1-2H3. The molecule has 1 unspecified atom stereocenters. The lowest BCUT2D eigenvalue weighted by Crippen LogP contribution is -2.39. The minimum absolute atomic E-state index is 0.0330. The Hall–Kier alpha value is -2.69. The second-order valence-electron chi connectivity index (χ2n) is 6.29. The highest BCUT2D eigenvalue weighted by molar-refractivity contribution is 6.07. The molecule has 0 aromatic heterocycles. The topological polar surface area (TPSA) is 48.0 Å². The summed E-state index contributed by atoms with van der Waals surface area (Å²) >= 11 is 0. The second kappa shape index (κ2) is 5.74. The number of anilines is 1. The molecule has 2 aliphatic rings. The molecule has 5 nitrogen and oxygen atoms in total.